The van der Waals surface area contributed by atoms with Gasteiger partial charge in [-0.2, -0.15) is 0 Å². The second-order valence-electron chi connectivity index (χ2n) is 13.3. The summed E-state index contributed by atoms with van der Waals surface area (Å²) in [4.78, 5) is 0. The SMILES string of the molecule is C[C@@H](C[C@@H](O)C#C[C@@H](O[Si](C)(C)C(C)(C)C)[C@@H](C)CO[Si](C)(C)C(C)(C)C)OCOCc1ccccc1. The Bertz CT molecular complexity index is 847. The minimum atomic E-state index is -2.07. The van der Waals surface area contributed by atoms with Crippen molar-refractivity contribution in [2.24, 2.45) is 5.92 Å². The summed E-state index contributed by atoms with van der Waals surface area (Å²) < 4.78 is 24.6. The fourth-order valence-corrected chi connectivity index (χ4v) is 5.34. The molecule has 212 valence electrons. The fourth-order valence-electron chi connectivity index (χ4n) is 2.94. The van der Waals surface area contributed by atoms with Crippen LogP contribution in [-0.2, 0) is 24.9 Å². The van der Waals surface area contributed by atoms with E-state index in [9.17, 15) is 5.11 Å². The smallest absolute Gasteiger partial charge is 0.193 e. The molecule has 0 saturated heterocycles. The predicted octanol–water partition coefficient (Wildman–Crippen LogP) is 7.37. The molecule has 0 aromatic heterocycles. The first-order chi connectivity index (χ1) is 16.9. The first-order valence-corrected chi connectivity index (χ1v) is 19.4. The highest BCUT2D eigenvalue weighted by atomic mass is 28.4. The number of benzene rings is 1. The van der Waals surface area contributed by atoms with Gasteiger partial charge in [-0.25, -0.2) is 0 Å². The lowest BCUT2D eigenvalue weighted by Crippen LogP contribution is -2.47. The van der Waals surface area contributed by atoms with Crippen LogP contribution in [0.5, 0.6) is 0 Å². The van der Waals surface area contributed by atoms with Crippen molar-refractivity contribution in [3.63, 3.8) is 0 Å². The summed E-state index contributed by atoms with van der Waals surface area (Å²) in [7, 11) is -3.95. The van der Waals surface area contributed by atoms with Gasteiger partial charge in [0.15, 0.2) is 16.6 Å². The average molecular weight is 551 g/mol. The van der Waals surface area contributed by atoms with Crippen LogP contribution in [0.1, 0.15) is 67.4 Å². The topological polar surface area (TPSA) is 57.2 Å². The van der Waals surface area contributed by atoms with Crippen LogP contribution in [0.3, 0.4) is 0 Å². The summed E-state index contributed by atoms with van der Waals surface area (Å²) in [6.45, 7) is 27.8. The molecule has 0 radical (unpaired) electrons. The summed E-state index contributed by atoms with van der Waals surface area (Å²) in [5, 5.41) is 10.9. The Labute approximate surface area is 229 Å². The third kappa shape index (κ3) is 12.2. The molecule has 0 fully saturated rings. The first-order valence-electron chi connectivity index (χ1n) is 13.6. The van der Waals surface area contributed by atoms with Crippen molar-refractivity contribution in [2.45, 2.75) is 123 Å². The van der Waals surface area contributed by atoms with Crippen molar-refractivity contribution in [2.75, 3.05) is 13.4 Å². The molecule has 0 aliphatic heterocycles. The van der Waals surface area contributed by atoms with Gasteiger partial charge in [-0.05, 0) is 48.8 Å². The fraction of sp³-hybridized carbons (Fsp3) is 0.733. The number of rotatable bonds is 13. The quantitative estimate of drug-likeness (QED) is 0.120. The molecule has 7 heteroatoms. The van der Waals surface area contributed by atoms with Gasteiger partial charge >= 0.3 is 0 Å². The minimum Gasteiger partial charge on any atom is -0.416 e. The van der Waals surface area contributed by atoms with Crippen LogP contribution < -0.4 is 0 Å². The van der Waals surface area contributed by atoms with Gasteiger partial charge < -0.3 is 23.4 Å². The van der Waals surface area contributed by atoms with Crippen LogP contribution in [0.25, 0.3) is 0 Å². The molecule has 0 aliphatic rings. The van der Waals surface area contributed by atoms with Crippen LogP contribution in [0, 0.1) is 17.8 Å². The van der Waals surface area contributed by atoms with E-state index in [1.807, 2.05) is 37.3 Å². The molecule has 4 atom stereocenters. The van der Waals surface area contributed by atoms with Gasteiger partial charge in [0.2, 0.25) is 0 Å². The highest BCUT2D eigenvalue weighted by Gasteiger charge is 2.41. The Morgan fingerprint density at radius 2 is 1.43 bits per heavy atom. The van der Waals surface area contributed by atoms with E-state index < -0.39 is 22.7 Å². The maximum Gasteiger partial charge on any atom is 0.193 e. The Hall–Kier alpha value is -0.986. The van der Waals surface area contributed by atoms with Crippen molar-refractivity contribution in [1.82, 2.24) is 0 Å². The van der Waals surface area contributed by atoms with Crippen molar-refractivity contribution in [1.29, 1.82) is 0 Å². The lowest BCUT2D eigenvalue weighted by atomic mass is 10.1. The largest absolute Gasteiger partial charge is 0.416 e. The first kappa shape index (κ1) is 34.0. The molecule has 0 aliphatic carbocycles. The normalized spacial score (nSPS) is 16.5. The van der Waals surface area contributed by atoms with Gasteiger partial charge in [0.1, 0.15) is 19.0 Å². The monoisotopic (exact) mass is 550 g/mol. The van der Waals surface area contributed by atoms with E-state index in [-0.39, 0.29) is 35.0 Å². The van der Waals surface area contributed by atoms with Crippen LogP contribution >= 0.6 is 0 Å². The van der Waals surface area contributed by atoms with Gasteiger partial charge in [-0.1, -0.05) is 90.6 Å². The molecule has 0 bridgehead atoms. The van der Waals surface area contributed by atoms with E-state index in [2.05, 4.69) is 86.5 Å². The number of hydrogen-bond donors (Lipinski definition) is 1. The number of hydrogen-bond acceptors (Lipinski definition) is 5. The number of aliphatic hydroxyl groups excluding tert-OH is 1. The Morgan fingerprint density at radius 3 is 1.97 bits per heavy atom. The van der Waals surface area contributed by atoms with E-state index in [0.29, 0.717) is 19.6 Å². The molecular formula is C30H54O5Si2. The van der Waals surface area contributed by atoms with Crippen LogP contribution in [0.2, 0.25) is 36.3 Å². The number of aliphatic hydroxyl groups is 1. The van der Waals surface area contributed by atoms with Crippen LogP contribution in [0.4, 0.5) is 0 Å². The van der Waals surface area contributed by atoms with Crippen molar-refractivity contribution < 1.29 is 23.4 Å². The molecule has 37 heavy (non-hydrogen) atoms. The summed E-state index contributed by atoms with van der Waals surface area (Å²) in [6, 6.07) is 9.99. The van der Waals surface area contributed by atoms with E-state index in [0.717, 1.165) is 5.56 Å². The lowest BCUT2D eigenvalue weighted by molar-refractivity contribution is -0.0972. The molecule has 0 spiro atoms. The van der Waals surface area contributed by atoms with E-state index in [1.165, 1.54) is 0 Å². The van der Waals surface area contributed by atoms with Crippen LogP contribution in [0.15, 0.2) is 30.3 Å². The molecule has 0 saturated carbocycles. The molecule has 1 aromatic carbocycles. The van der Waals surface area contributed by atoms with E-state index in [4.69, 9.17) is 18.3 Å². The maximum absolute atomic E-state index is 10.6. The number of ether oxygens (including phenoxy) is 2. The summed E-state index contributed by atoms with van der Waals surface area (Å²) in [5.41, 5.74) is 1.10. The molecular weight excluding hydrogens is 496 g/mol. The molecule has 0 amide bonds. The molecule has 1 aromatic rings. The zero-order chi connectivity index (χ0) is 28.5. The average Bonchev–Trinajstić information content (AvgIpc) is 2.77. The third-order valence-electron chi connectivity index (χ3n) is 7.75. The second kappa shape index (κ2) is 14.4. The summed E-state index contributed by atoms with van der Waals surface area (Å²) >= 11 is 0. The minimum absolute atomic E-state index is 0.0632. The lowest BCUT2D eigenvalue weighted by Gasteiger charge is -2.41. The van der Waals surface area contributed by atoms with Crippen molar-refractivity contribution in [3.8, 4) is 11.8 Å². The van der Waals surface area contributed by atoms with Gasteiger partial charge in [0, 0.05) is 18.9 Å². The zero-order valence-electron chi connectivity index (χ0n) is 25.6. The molecule has 0 unspecified atom stereocenters. The highest BCUT2D eigenvalue weighted by Crippen LogP contribution is 2.39. The van der Waals surface area contributed by atoms with Gasteiger partial charge in [-0.15, -0.1) is 0 Å². The Kier molecular flexibility index (Phi) is 13.3. The second-order valence-corrected chi connectivity index (χ2v) is 22.9. The van der Waals surface area contributed by atoms with E-state index in [1.54, 1.807) is 0 Å². The molecule has 1 N–H and O–H groups in total. The molecule has 0 heterocycles. The summed E-state index contributed by atoms with van der Waals surface area (Å²) in [6.07, 6.45) is -0.878. The highest BCUT2D eigenvalue weighted by molar-refractivity contribution is 6.74. The predicted molar refractivity (Wildman–Crippen MR) is 159 cm³/mol. The Balaban J connectivity index is 2.77. The van der Waals surface area contributed by atoms with Gasteiger partial charge in [-0.3, -0.25) is 0 Å². The van der Waals surface area contributed by atoms with Gasteiger partial charge in [0.25, 0.3) is 0 Å². The molecule has 1 rings (SSSR count). The van der Waals surface area contributed by atoms with Gasteiger partial charge in [0.05, 0.1) is 12.7 Å². The zero-order valence-corrected chi connectivity index (χ0v) is 27.6. The molecule has 5 nitrogen and oxygen atoms in total. The maximum atomic E-state index is 10.6. The van der Waals surface area contributed by atoms with E-state index >= 15 is 0 Å². The van der Waals surface area contributed by atoms with Crippen molar-refractivity contribution in [3.05, 3.63) is 35.9 Å². The van der Waals surface area contributed by atoms with Crippen LogP contribution in [-0.4, -0.2) is 53.5 Å². The van der Waals surface area contributed by atoms with Crippen molar-refractivity contribution >= 4 is 16.6 Å². The standard InChI is InChI=1S/C30H54O5Si2/c1-24(21-34-36(9,10)29(3,4)5)28(35-37(11,12)30(6,7)8)19-18-27(31)20-25(2)33-23-32-22-26-16-14-13-15-17-26/h13-17,24-25,27-28,31H,20-23H2,1-12H3/t24-,25-,27-,28+/m0/s1. The third-order valence-corrected chi connectivity index (χ3v) is 16.7. The summed E-state index contributed by atoms with van der Waals surface area (Å²) in [5.74, 6) is 6.41. The Morgan fingerprint density at radius 1 is 0.865 bits per heavy atom.